The van der Waals surface area contributed by atoms with Crippen LogP contribution in [0, 0.1) is 18.3 Å². The second kappa shape index (κ2) is 5.79. The Morgan fingerprint density at radius 2 is 1.95 bits per heavy atom. The van der Waals surface area contributed by atoms with E-state index in [1.807, 2.05) is 6.92 Å². The minimum atomic E-state index is 0.378. The molecule has 0 bridgehead atoms. The standard InChI is InChI=1S/C13H8BrCl2N3/c1-7-2-3-8(6-17)13(18-7)19-10-5-4-9(14)11(15)12(10)16/h2-5H,1H3,(H,18,19). The SMILES string of the molecule is Cc1ccc(C#N)c(Nc2ccc(Br)c(Cl)c2Cl)n1. The zero-order chi connectivity index (χ0) is 14.0. The number of benzene rings is 1. The molecule has 2 aromatic rings. The number of pyridine rings is 1. The van der Waals surface area contributed by atoms with Crippen molar-refractivity contribution >= 4 is 50.6 Å². The van der Waals surface area contributed by atoms with E-state index in [1.54, 1.807) is 24.3 Å². The lowest BCUT2D eigenvalue weighted by Crippen LogP contribution is -1.99. The maximum Gasteiger partial charge on any atom is 0.148 e. The van der Waals surface area contributed by atoms with Crippen LogP contribution >= 0.6 is 39.1 Å². The predicted octanol–water partition coefficient (Wildman–Crippen LogP) is 5.07. The summed E-state index contributed by atoms with van der Waals surface area (Å²) >= 11 is 15.5. The van der Waals surface area contributed by atoms with Crippen LogP contribution in [-0.2, 0) is 0 Å². The third-order valence-corrected chi connectivity index (χ3v) is 4.21. The molecule has 6 heteroatoms. The van der Waals surface area contributed by atoms with E-state index < -0.39 is 0 Å². The van der Waals surface area contributed by atoms with Crippen molar-refractivity contribution in [2.45, 2.75) is 6.92 Å². The molecule has 96 valence electrons. The summed E-state index contributed by atoms with van der Waals surface area (Å²) in [5.74, 6) is 0.461. The van der Waals surface area contributed by atoms with Gasteiger partial charge in [-0.3, -0.25) is 0 Å². The van der Waals surface area contributed by atoms with Crippen LogP contribution < -0.4 is 5.32 Å². The number of halogens is 3. The van der Waals surface area contributed by atoms with Crippen LogP contribution in [0.3, 0.4) is 0 Å². The van der Waals surface area contributed by atoms with Crippen molar-refractivity contribution < 1.29 is 0 Å². The van der Waals surface area contributed by atoms with Crippen molar-refractivity contribution in [1.29, 1.82) is 5.26 Å². The van der Waals surface area contributed by atoms with Crippen LogP contribution in [0.4, 0.5) is 11.5 Å². The molecular formula is C13H8BrCl2N3. The second-order valence-electron chi connectivity index (χ2n) is 3.81. The molecule has 3 nitrogen and oxygen atoms in total. The lowest BCUT2D eigenvalue weighted by Gasteiger charge is -2.11. The Morgan fingerprint density at radius 1 is 1.21 bits per heavy atom. The van der Waals surface area contributed by atoms with E-state index in [1.165, 1.54) is 0 Å². The van der Waals surface area contributed by atoms with E-state index in [0.29, 0.717) is 31.6 Å². The monoisotopic (exact) mass is 355 g/mol. The molecule has 0 saturated heterocycles. The van der Waals surface area contributed by atoms with Gasteiger partial charge in [-0.1, -0.05) is 23.2 Å². The van der Waals surface area contributed by atoms with Gasteiger partial charge in [-0.25, -0.2) is 4.98 Å². The predicted molar refractivity (Wildman–Crippen MR) is 81.1 cm³/mol. The number of aryl methyl sites for hydroxylation is 1. The Bertz CT molecular complexity index is 680. The van der Waals surface area contributed by atoms with Gasteiger partial charge in [-0.05, 0) is 47.1 Å². The molecule has 2 rings (SSSR count). The molecule has 0 saturated carbocycles. The van der Waals surface area contributed by atoms with Crippen molar-refractivity contribution in [2.75, 3.05) is 5.32 Å². The number of hydrogen-bond donors (Lipinski definition) is 1. The Hall–Kier alpha value is -1.28. The molecule has 1 heterocycles. The summed E-state index contributed by atoms with van der Waals surface area (Å²) in [5.41, 5.74) is 1.85. The number of hydrogen-bond acceptors (Lipinski definition) is 3. The third-order valence-electron chi connectivity index (χ3n) is 2.44. The average Bonchev–Trinajstić information content (AvgIpc) is 2.40. The molecular weight excluding hydrogens is 349 g/mol. The van der Waals surface area contributed by atoms with Crippen molar-refractivity contribution in [3.05, 3.63) is 50.0 Å². The minimum Gasteiger partial charge on any atom is -0.338 e. The van der Waals surface area contributed by atoms with Crippen LogP contribution in [-0.4, -0.2) is 4.98 Å². The molecule has 0 aliphatic carbocycles. The van der Waals surface area contributed by atoms with Gasteiger partial charge in [-0.2, -0.15) is 5.26 Å². The Labute approximate surface area is 129 Å². The molecule has 0 aliphatic rings. The van der Waals surface area contributed by atoms with E-state index in [2.05, 4.69) is 32.3 Å². The molecule has 1 aromatic carbocycles. The fourth-order valence-corrected chi connectivity index (χ4v) is 2.31. The van der Waals surface area contributed by atoms with E-state index in [9.17, 15) is 0 Å². The largest absolute Gasteiger partial charge is 0.338 e. The number of nitrogens with zero attached hydrogens (tertiary/aromatic N) is 2. The summed E-state index contributed by atoms with van der Waals surface area (Å²) in [6, 6.07) is 9.11. The van der Waals surface area contributed by atoms with Gasteiger partial charge in [-0.15, -0.1) is 0 Å². The number of nitriles is 1. The molecule has 1 N–H and O–H groups in total. The van der Waals surface area contributed by atoms with Crippen LogP contribution in [0.2, 0.25) is 10.0 Å². The normalized spacial score (nSPS) is 10.1. The number of anilines is 2. The lowest BCUT2D eigenvalue weighted by atomic mass is 10.2. The maximum absolute atomic E-state index is 9.06. The fraction of sp³-hybridized carbons (Fsp3) is 0.0769. The number of aromatic nitrogens is 1. The maximum atomic E-state index is 9.06. The average molecular weight is 357 g/mol. The molecule has 0 amide bonds. The zero-order valence-corrected chi connectivity index (χ0v) is 12.9. The molecule has 0 aliphatic heterocycles. The molecule has 0 unspecified atom stereocenters. The van der Waals surface area contributed by atoms with E-state index in [4.69, 9.17) is 28.5 Å². The van der Waals surface area contributed by atoms with Crippen molar-refractivity contribution in [3.63, 3.8) is 0 Å². The zero-order valence-electron chi connectivity index (χ0n) is 9.84. The van der Waals surface area contributed by atoms with E-state index in [-0.39, 0.29) is 0 Å². The van der Waals surface area contributed by atoms with E-state index in [0.717, 1.165) is 5.69 Å². The van der Waals surface area contributed by atoms with Gasteiger partial charge in [0, 0.05) is 10.2 Å². The number of rotatable bonds is 2. The summed E-state index contributed by atoms with van der Waals surface area (Å²) in [6.45, 7) is 1.85. The summed E-state index contributed by atoms with van der Waals surface area (Å²) < 4.78 is 0.711. The highest BCUT2D eigenvalue weighted by Crippen LogP contribution is 2.37. The summed E-state index contributed by atoms with van der Waals surface area (Å²) in [5, 5.41) is 12.9. The fourth-order valence-electron chi connectivity index (χ4n) is 1.49. The van der Waals surface area contributed by atoms with Crippen LogP contribution in [0.15, 0.2) is 28.7 Å². The first-order chi connectivity index (χ1) is 9.02. The first kappa shape index (κ1) is 14.1. The molecule has 0 fully saturated rings. The van der Waals surface area contributed by atoms with Crippen LogP contribution in [0.25, 0.3) is 0 Å². The highest BCUT2D eigenvalue weighted by Gasteiger charge is 2.11. The summed E-state index contributed by atoms with van der Waals surface area (Å²) in [4.78, 5) is 4.29. The lowest BCUT2D eigenvalue weighted by molar-refractivity contribution is 1.19. The third kappa shape index (κ3) is 3.01. The summed E-state index contributed by atoms with van der Waals surface area (Å²) in [7, 11) is 0. The Morgan fingerprint density at radius 3 is 2.63 bits per heavy atom. The van der Waals surface area contributed by atoms with Crippen LogP contribution in [0.5, 0.6) is 0 Å². The Kier molecular flexibility index (Phi) is 4.31. The first-order valence-electron chi connectivity index (χ1n) is 5.31. The minimum absolute atomic E-state index is 0.378. The van der Waals surface area contributed by atoms with Gasteiger partial charge in [0.2, 0.25) is 0 Å². The van der Waals surface area contributed by atoms with Crippen LogP contribution in [0.1, 0.15) is 11.3 Å². The van der Waals surface area contributed by atoms with Crippen molar-refractivity contribution in [2.24, 2.45) is 0 Å². The number of nitrogens with one attached hydrogen (secondary N) is 1. The van der Waals surface area contributed by atoms with E-state index >= 15 is 0 Å². The van der Waals surface area contributed by atoms with Gasteiger partial charge in [0.1, 0.15) is 11.9 Å². The summed E-state index contributed by atoms with van der Waals surface area (Å²) in [6.07, 6.45) is 0. The Balaban J connectivity index is 2.45. The molecule has 0 atom stereocenters. The van der Waals surface area contributed by atoms with Crippen molar-refractivity contribution in [1.82, 2.24) is 4.98 Å². The van der Waals surface area contributed by atoms with Gasteiger partial charge >= 0.3 is 0 Å². The van der Waals surface area contributed by atoms with Crippen molar-refractivity contribution in [3.8, 4) is 6.07 Å². The molecule has 0 radical (unpaired) electrons. The molecule has 1 aromatic heterocycles. The molecule has 0 spiro atoms. The van der Waals surface area contributed by atoms with Gasteiger partial charge in [0.05, 0.1) is 21.3 Å². The second-order valence-corrected chi connectivity index (χ2v) is 5.42. The first-order valence-corrected chi connectivity index (χ1v) is 6.86. The quantitative estimate of drug-likeness (QED) is 0.763. The molecule has 19 heavy (non-hydrogen) atoms. The van der Waals surface area contributed by atoms with Gasteiger partial charge < -0.3 is 5.32 Å². The smallest absolute Gasteiger partial charge is 0.148 e. The highest BCUT2D eigenvalue weighted by atomic mass is 79.9. The topological polar surface area (TPSA) is 48.7 Å². The van der Waals surface area contributed by atoms with Gasteiger partial charge in [0.15, 0.2) is 0 Å². The highest BCUT2D eigenvalue weighted by molar-refractivity contribution is 9.10. The van der Waals surface area contributed by atoms with Gasteiger partial charge in [0.25, 0.3) is 0 Å².